The summed E-state index contributed by atoms with van der Waals surface area (Å²) in [6.45, 7) is 7.46. The van der Waals surface area contributed by atoms with Crippen molar-refractivity contribution in [2.45, 2.75) is 65.3 Å². The molecule has 6 heteroatoms. The molecule has 0 bridgehead atoms. The Hall–Kier alpha value is -1.43. The molecule has 0 aliphatic carbocycles. The minimum atomic E-state index is -0.395. The van der Waals surface area contributed by atoms with Crippen molar-refractivity contribution in [1.29, 1.82) is 0 Å². The van der Waals surface area contributed by atoms with E-state index in [4.69, 9.17) is 0 Å². The van der Waals surface area contributed by atoms with Gasteiger partial charge in [0.15, 0.2) is 0 Å². The van der Waals surface area contributed by atoms with E-state index in [2.05, 4.69) is 41.7 Å². The highest BCUT2D eigenvalue weighted by molar-refractivity contribution is 9.10. The van der Waals surface area contributed by atoms with Gasteiger partial charge in [-0.3, -0.25) is 14.5 Å². The Bertz CT molecular complexity index is 621. The fourth-order valence-electron chi connectivity index (χ4n) is 3.19. The van der Waals surface area contributed by atoms with Gasteiger partial charge in [-0.15, -0.1) is 0 Å². The van der Waals surface area contributed by atoms with Gasteiger partial charge in [0.1, 0.15) is 11.9 Å². The van der Waals surface area contributed by atoms with Crippen molar-refractivity contribution in [1.82, 2.24) is 9.88 Å². The van der Waals surface area contributed by atoms with Crippen LogP contribution in [0.3, 0.4) is 0 Å². The summed E-state index contributed by atoms with van der Waals surface area (Å²) in [5.41, 5.74) is 0.522. The molecule has 0 N–H and O–H groups in total. The van der Waals surface area contributed by atoms with Crippen LogP contribution in [0.15, 0.2) is 16.7 Å². The Morgan fingerprint density at radius 3 is 2.40 bits per heavy atom. The minimum absolute atomic E-state index is 0.00771. The van der Waals surface area contributed by atoms with E-state index in [0.717, 1.165) is 36.6 Å². The first-order valence-corrected chi connectivity index (χ1v) is 10.1. The van der Waals surface area contributed by atoms with Crippen molar-refractivity contribution in [2.24, 2.45) is 0 Å². The minimum Gasteiger partial charge on any atom is -0.326 e. The quantitative estimate of drug-likeness (QED) is 0.638. The second kappa shape index (κ2) is 9.32. The lowest BCUT2D eigenvalue weighted by atomic mass is 10.1. The zero-order valence-corrected chi connectivity index (χ0v) is 17.0. The Balaban J connectivity index is 2.52. The average molecular weight is 410 g/mol. The van der Waals surface area contributed by atoms with Crippen LogP contribution in [0.1, 0.15) is 69.7 Å². The van der Waals surface area contributed by atoms with Crippen molar-refractivity contribution in [3.63, 3.8) is 0 Å². The third kappa shape index (κ3) is 4.40. The molecule has 2 rings (SSSR count). The van der Waals surface area contributed by atoms with Crippen LogP contribution in [-0.4, -0.2) is 40.8 Å². The van der Waals surface area contributed by atoms with Crippen molar-refractivity contribution in [3.8, 4) is 0 Å². The van der Waals surface area contributed by atoms with E-state index in [1.807, 2.05) is 0 Å². The highest BCUT2D eigenvalue weighted by Crippen LogP contribution is 2.30. The number of unbranched alkanes of at least 4 members (excludes halogenated alkanes) is 2. The molecule has 1 aliphatic heterocycles. The van der Waals surface area contributed by atoms with Crippen LogP contribution in [0.5, 0.6) is 0 Å². The van der Waals surface area contributed by atoms with E-state index in [0.29, 0.717) is 30.9 Å². The first kappa shape index (κ1) is 19.9. The van der Waals surface area contributed by atoms with Gasteiger partial charge >= 0.3 is 0 Å². The van der Waals surface area contributed by atoms with Crippen LogP contribution in [0, 0.1) is 0 Å². The predicted molar refractivity (Wildman–Crippen MR) is 104 cm³/mol. The maximum Gasteiger partial charge on any atom is 0.258 e. The molecule has 1 aliphatic rings. The number of carbonyl (C=O) groups excluding carboxylic acids is 2. The number of pyridine rings is 1. The standard InChI is InChI=1S/C19H28BrN3O2/c1-4-7-10-22-16(9-6-3)19(25)23(11-8-5-2)17-15(18(22)24)12-14(20)13-21-17/h12-13,16H,4-11H2,1-3H3. The highest BCUT2D eigenvalue weighted by atomic mass is 79.9. The molecule has 2 amide bonds. The number of halogens is 1. The largest absolute Gasteiger partial charge is 0.326 e. The summed E-state index contributed by atoms with van der Waals surface area (Å²) in [6, 6.07) is 1.40. The number of hydrogen-bond donors (Lipinski definition) is 0. The molecule has 0 radical (unpaired) electrons. The maximum atomic E-state index is 13.3. The van der Waals surface area contributed by atoms with Crippen LogP contribution < -0.4 is 4.90 Å². The summed E-state index contributed by atoms with van der Waals surface area (Å²) in [4.78, 5) is 34.5. The maximum absolute atomic E-state index is 13.3. The summed E-state index contributed by atoms with van der Waals surface area (Å²) in [7, 11) is 0. The van der Waals surface area contributed by atoms with Crippen LogP contribution in [0.25, 0.3) is 0 Å². The third-order valence-electron chi connectivity index (χ3n) is 4.56. The second-order valence-electron chi connectivity index (χ2n) is 6.52. The average Bonchev–Trinajstić information content (AvgIpc) is 2.68. The van der Waals surface area contributed by atoms with Crippen molar-refractivity contribution >= 4 is 33.6 Å². The molecule has 25 heavy (non-hydrogen) atoms. The van der Waals surface area contributed by atoms with E-state index in [1.165, 1.54) is 0 Å². The fourth-order valence-corrected chi connectivity index (χ4v) is 3.52. The van der Waals surface area contributed by atoms with Gasteiger partial charge in [0.05, 0.1) is 5.56 Å². The molecule has 0 saturated heterocycles. The SMILES string of the molecule is CCCCN1C(=O)C(CCC)N(CCCC)C(=O)c2cc(Br)cnc21. The number of rotatable bonds is 8. The molecule has 5 nitrogen and oxygen atoms in total. The van der Waals surface area contributed by atoms with Gasteiger partial charge in [0.25, 0.3) is 11.8 Å². The van der Waals surface area contributed by atoms with Gasteiger partial charge in [0, 0.05) is 23.8 Å². The summed E-state index contributed by atoms with van der Waals surface area (Å²) < 4.78 is 0.756. The number of anilines is 1. The molecular formula is C19H28BrN3O2. The van der Waals surface area contributed by atoms with E-state index in [-0.39, 0.29) is 11.8 Å². The number of aromatic nitrogens is 1. The lowest BCUT2D eigenvalue weighted by molar-refractivity contribution is -0.123. The van der Waals surface area contributed by atoms with Gasteiger partial charge < -0.3 is 4.90 Å². The first-order chi connectivity index (χ1) is 12.0. The monoisotopic (exact) mass is 409 g/mol. The molecule has 2 heterocycles. The summed E-state index contributed by atoms with van der Waals surface area (Å²) in [5.74, 6) is 0.433. The lowest BCUT2D eigenvalue weighted by Gasteiger charge is -2.30. The van der Waals surface area contributed by atoms with Crippen LogP contribution in [-0.2, 0) is 4.79 Å². The molecule has 1 aromatic heterocycles. The molecule has 1 aromatic rings. The topological polar surface area (TPSA) is 53.5 Å². The van der Waals surface area contributed by atoms with Gasteiger partial charge in [-0.25, -0.2) is 4.98 Å². The highest BCUT2D eigenvalue weighted by Gasteiger charge is 2.39. The van der Waals surface area contributed by atoms with E-state index < -0.39 is 6.04 Å². The lowest BCUT2D eigenvalue weighted by Crippen LogP contribution is -2.49. The summed E-state index contributed by atoms with van der Waals surface area (Å²) in [6.07, 6.45) is 6.97. The van der Waals surface area contributed by atoms with Gasteiger partial charge in [-0.2, -0.15) is 0 Å². The van der Waals surface area contributed by atoms with Crippen molar-refractivity contribution in [3.05, 3.63) is 22.3 Å². The molecule has 1 atom stereocenters. The second-order valence-corrected chi connectivity index (χ2v) is 7.44. The number of carbonyl (C=O) groups is 2. The molecule has 138 valence electrons. The normalized spacial score (nSPS) is 17.7. The Morgan fingerprint density at radius 1 is 1.08 bits per heavy atom. The summed E-state index contributed by atoms with van der Waals surface area (Å²) in [5, 5.41) is 0. The van der Waals surface area contributed by atoms with Crippen molar-refractivity contribution in [2.75, 3.05) is 18.0 Å². The van der Waals surface area contributed by atoms with Gasteiger partial charge in [0.2, 0.25) is 0 Å². The van der Waals surface area contributed by atoms with E-state index in [1.54, 1.807) is 22.1 Å². The predicted octanol–water partition coefficient (Wildman–Crippen LogP) is 4.40. The van der Waals surface area contributed by atoms with Crippen LogP contribution in [0.4, 0.5) is 5.82 Å². The molecule has 1 unspecified atom stereocenters. The molecule has 0 fully saturated rings. The van der Waals surface area contributed by atoms with E-state index in [9.17, 15) is 9.59 Å². The zero-order valence-electron chi connectivity index (χ0n) is 15.4. The first-order valence-electron chi connectivity index (χ1n) is 9.32. The number of nitrogens with zero attached hydrogens (tertiary/aromatic N) is 3. The summed E-state index contributed by atoms with van der Waals surface area (Å²) >= 11 is 3.41. The molecular weight excluding hydrogens is 382 g/mol. The third-order valence-corrected chi connectivity index (χ3v) is 4.99. The molecule has 0 spiro atoms. The van der Waals surface area contributed by atoms with Crippen LogP contribution >= 0.6 is 15.9 Å². The molecule has 0 aromatic carbocycles. The Morgan fingerprint density at radius 2 is 1.76 bits per heavy atom. The smallest absolute Gasteiger partial charge is 0.258 e. The number of hydrogen-bond acceptors (Lipinski definition) is 3. The molecule has 0 saturated carbocycles. The number of fused-ring (bicyclic) bond motifs is 1. The fraction of sp³-hybridized carbons (Fsp3) is 0.632. The number of amides is 2. The van der Waals surface area contributed by atoms with E-state index >= 15 is 0 Å². The van der Waals surface area contributed by atoms with Crippen molar-refractivity contribution < 1.29 is 9.59 Å². The Kier molecular flexibility index (Phi) is 7.41. The zero-order chi connectivity index (χ0) is 18.4. The van der Waals surface area contributed by atoms with Gasteiger partial charge in [-0.1, -0.05) is 40.0 Å². The Labute approximate surface area is 158 Å². The van der Waals surface area contributed by atoms with Gasteiger partial charge in [-0.05, 0) is 41.3 Å². The van der Waals surface area contributed by atoms with Crippen LogP contribution in [0.2, 0.25) is 0 Å².